The molecule has 1 unspecified atom stereocenters. The number of ether oxygens (including phenoxy) is 1. The second-order valence-electron chi connectivity index (χ2n) is 4.10. The van der Waals surface area contributed by atoms with Crippen LogP contribution in [-0.4, -0.2) is 13.3 Å². The molecule has 0 aliphatic carbocycles. The van der Waals surface area contributed by atoms with Gasteiger partial charge in [-0.25, -0.2) is 0 Å². The number of nitrogens with one attached hydrogen (secondary N) is 1. The highest BCUT2D eigenvalue weighted by Crippen LogP contribution is 2.20. The van der Waals surface area contributed by atoms with Gasteiger partial charge >= 0.3 is 0 Å². The molecule has 82 valence electrons. The predicted molar refractivity (Wildman–Crippen MR) is 61.7 cm³/mol. The molecule has 15 heavy (non-hydrogen) atoms. The molecular formula is C13H19NO. The van der Waals surface area contributed by atoms with E-state index in [1.165, 1.54) is 30.4 Å². The van der Waals surface area contributed by atoms with E-state index in [-0.39, 0.29) is 6.10 Å². The van der Waals surface area contributed by atoms with Gasteiger partial charge < -0.3 is 4.74 Å². The van der Waals surface area contributed by atoms with Gasteiger partial charge in [-0.2, -0.15) is 0 Å². The monoisotopic (exact) mass is 205 g/mol. The van der Waals surface area contributed by atoms with E-state index in [4.69, 9.17) is 4.74 Å². The highest BCUT2D eigenvalue weighted by Gasteiger charge is 2.16. The van der Waals surface area contributed by atoms with Gasteiger partial charge in [-0.1, -0.05) is 37.6 Å². The van der Waals surface area contributed by atoms with Crippen molar-refractivity contribution in [2.45, 2.75) is 32.3 Å². The first-order chi connectivity index (χ1) is 7.40. The average Bonchev–Trinajstić information content (AvgIpc) is 2.80. The van der Waals surface area contributed by atoms with Crippen LogP contribution in [0.5, 0.6) is 0 Å². The van der Waals surface area contributed by atoms with Crippen LogP contribution in [0.15, 0.2) is 24.3 Å². The average molecular weight is 205 g/mol. The summed E-state index contributed by atoms with van der Waals surface area (Å²) in [5.74, 6) is 0. The molecule has 0 saturated carbocycles. The molecule has 0 amide bonds. The maximum Gasteiger partial charge on any atom is 0.0975 e. The summed E-state index contributed by atoms with van der Waals surface area (Å²) in [5.41, 5.74) is 2.73. The molecule has 1 fully saturated rings. The first-order valence-electron chi connectivity index (χ1n) is 5.81. The van der Waals surface area contributed by atoms with E-state index in [2.05, 4.69) is 36.5 Å². The van der Waals surface area contributed by atoms with Crippen LogP contribution in [0, 0.1) is 0 Å². The Hall–Kier alpha value is -0.860. The lowest BCUT2D eigenvalue weighted by molar-refractivity contribution is 0.114. The van der Waals surface area contributed by atoms with Crippen LogP contribution in [-0.2, 0) is 11.2 Å². The smallest absolute Gasteiger partial charge is 0.0975 e. The third kappa shape index (κ3) is 2.80. The van der Waals surface area contributed by atoms with Crippen LogP contribution in [0.3, 0.4) is 0 Å². The lowest BCUT2D eigenvalue weighted by atomic mass is 10.0. The van der Waals surface area contributed by atoms with E-state index in [0.29, 0.717) is 6.73 Å². The summed E-state index contributed by atoms with van der Waals surface area (Å²) >= 11 is 0. The number of benzene rings is 1. The van der Waals surface area contributed by atoms with Gasteiger partial charge in [0.1, 0.15) is 0 Å². The minimum atomic E-state index is 0.255. The van der Waals surface area contributed by atoms with Crippen molar-refractivity contribution in [2.75, 3.05) is 13.3 Å². The lowest BCUT2D eigenvalue weighted by Crippen LogP contribution is -2.07. The summed E-state index contributed by atoms with van der Waals surface area (Å²) in [4.78, 5) is 0. The number of rotatable bonds is 4. The third-order valence-corrected chi connectivity index (χ3v) is 2.89. The van der Waals surface area contributed by atoms with E-state index < -0.39 is 0 Å². The highest BCUT2D eigenvalue weighted by atomic mass is 16.5. The molecule has 0 bridgehead atoms. The predicted octanol–water partition coefficient (Wildman–Crippen LogP) is 2.65. The number of aryl methyl sites for hydroxylation is 1. The molecule has 2 nitrogen and oxygen atoms in total. The van der Waals surface area contributed by atoms with Crippen LogP contribution in [0.25, 0.3) is 0 Å². The zero-order chi connectivity index (χ0) is 10.5. The quantitative estimate of drug-likeness (QED) is 0.816. The van der Waals surface area contributed by atoms with Crippen LogP contribution in [0.1, 0.15) is 37.0 Å². The standard InChI is InChI=1S/C13H19NO/c1-2-3-4-11-5-7-12(8-6-11)13-9-14-10-15-13/h5-8,13-14H,2-4,9-10H2,1H3. The van der Waals surface area contributed by atoms with Gasteiger partial charge in [0.2, 0.25) is 0 Å². The summed E-state index contributed by atoms with van der Waals surface area (Å²) in [5, 5.41) is 3.20. The Bertz CT molecular complexity index is 288. The molecule has 1 aliphatic rings. The van der Waals surface area contributed by atoms with Crippen LogP contribution in [0.4, 0.5) is 0 Å². The Labute approximate surface area is 91.6 Å². The molecule has 1 saturated heterocycles. The Morgan fingerprint density at radius 2 is 2.13 bits per heavy atom. The van der Waals surface area contributed by atoms with Crippen molar-refractivity contribution in [1.29, 1.82) is 0 Å². The molecule has 0 aromatic heterocycles. The molecule has 1 aliphatic heterocycles. The summed E-state index contributed by atoms with van der Waals surface area (Å²) in [6.07, 6.45) is 3.99. The van der Waals surface area contributed by atoms with Crippen molar-refractivity contribution in [3.63, 3.8) is 0 Å². The van der Waals surface area contributed by atoms with Gasteiger partial charge in [0.05, 0.1) is 12.8 Å². The Balaban J connectivity index is 1.96. The normalized spacial score (nSPS) is 20.7. The van der Waals surface area contributed by atoms with Crippen molar-refractivity contribution < 1.29 is 4.74 Å². The highest BCUT2D eigenvalue weighted by molar-refractivity contribution is 5.25. The molecule has 1 N–H and O–H groups in total. The van der Waals surface area contributed by atoms with Crippen molar-refractivity contribution in [3.05, 3.63) is 35.4 Å². The van der Waals surface area contributed by atoms with E-state index in [0.717, 1.165) is 6.54 Å². The van der Waals surface area contributed by atoms with Gasteiger partial charge in [-0.05, 0) is 24.0 Å². The summed E-state index contributed by atoms with van der Waals surface area (Å²) in [6.45, 7) is 3.85. The zero-order valence-electron chi connectivity index (χ0n) is 9.33. The van der Waals surface area contributed by atoms with Gasteiger partial charge in [0.25, 0.3) is 0 Å². The first kappa shape index (κ1) is 10.7. The summed E-state index contributed by atoms with van der Waals surface area (Å²) < 4.78 is 5.55. The van der Waals surface area contributed by atoms with Crippen molar-refractivity contribution in [1.82, 2.24) is 5.32 Å². The second kappa shape index (κ2) is 5.29. The number of unbranched alkanes of at least 4 members (excludes halogenated alkanes) is 1. The maximum absolute atomic E-state index is 5.55. The minimum Gasteiger partial charge on any atom is -0.357 e. The van der Waals surface area contributed by atoms with Gasteiger partial charge in [-0.15, -0.1) is 0 Å². The molecule has 0 spiro atoms. The molecule has 0 radical (unpaired) electrons. The second-order valence-corrected chi connectivity index (χ2v) is 4.10. The summed E-state index contributed by atoms with van der Waals surface area (Å²) in [7, 11) is 0. The SMILES string of the molecule is CCCCc1ccc(C2CNCO2)cc1. The number of hydrogen-bond donors (Lipinski definition) is 1. The Morgan fingerprint density at radius 1 is 1.33 bits per heavy atom. The third-order valence-electron chi connectivity index (χ3n) is 2.89. The van der Waals surface area contributed by atoms with Crippen LogP contribution >= 0.6 is 0 Å². The van der Waals surface area contributed by atoms with Gasteiger partial charge in [0.15, 0.2) is 0 Å². The molecule has 2 rings (SSSR count). The fourth-order valence-corrected chi connectivity index (χ4v) is 1.90. The number of hydrogen-bond acceptors (Lipinski definition) is 2. The molecule has 2 heteroatoms. The van der Waals surface area contributed by atoms with E-state index in [9.17, 15) is 0 Å². The van der Waals surface area contributed by atoms with Crippen LogP contribution in [0.2, 0.25) is 0 Å². The van der Waals surface area contributed by atoms with Crippen molar-refractivity contribution in [3.8, 4) is 0 Å². The van der Waals surface area contributed by atoms with E-state index in [1.807, 2.05) is 0 Å². The molecule has 1 atom stereocenters. The Morgan fingerprint density at radius 3 is 2.73 bits per heavy atom. The van der Waals surface area contributed by atoms with Crippen molar-refractivity contribution >= 4 is 0 Å². The molecule has 1 aromatic carbocycles. The fourth-order valence-electron chi connectivity index (χ4n) is 1.90. The first-order valence-corrected chi connectivity index (χ1v) is 5.81. The zero-order valence-corrected chi connectivity index (χ0v) is 9.33. The molecular weight excluding hydrogens is 186 g/mol. The van der Waals surface area contributed by atoms with Crippen molar-refractivity contribution in [2.24, 2.45) is 0 Å². The summed E-state index contributed by atoms with van der Waals surface area (Å²) in [6, 6.07) is 8.85. The van der Waals surface area contributed by atoms with Gasteiger partial charge in [-0.3, -0.25) is 5.32 Å². The fraction of sp³-hybridized carbons (Fsp3) is 0.538. The Kier molecular flexibility index (Phi) is 3.75. The molecule has 1 heterocycles. The van der Waals surface area contributed by atoms with Gasteiger partial charge in [0, 0.05) is 6.54 Å². The minimum absolute atomic E-state index is 0.255. The topological polar surface area (TPSA) is 21.3 Å². The van der Waals surface area contributed by atoms with Crippen LogP contribution < -0.4 is 5.32 Å². The van der Waals surface area contributed by atoms with E-state index in [1.54, 1.807) is 0 Å². The maximum atomic E-state index is 5.55. The lowest BCUT2D eigenvalue weighted by Gasteiger charge is -2.09. The van der Waals surface area contributed by atoms with E-state index >= 15 is 0 Å². The molecule has 1 aromatic rings. The largest absolute Gasteiger partial charge is 0.357 e.